The van der Waals surface area contributed by atoms with E-state index in [1.54, 1.807) is 54.6 Å². The molecule has 3 aromatic carbocycles. The van der Waals surface area contributed by atoms with Gasteiger partial charge in [-0.25, -0.2) is 8.42 Å². The average molecular weight is 619 g/mol. The lowest BCUT2D eigenvalue weighted by Crippen LogP contribution is -2.52. The zero-order valence-corrected chi connectivity index (χ0v) is 26.2. The molecule has 0 aliphatic rings. The van der Waals surface area contributed by atoms with E-state index in [1.165, 1.54) is 17.0 Å². The maximum Gasteiger partial charge on any atom is 0.264 e. The number of rotatable bonds is 13. The summed E-state index contributed by atoms with van der Waals surface area (Å²) in [6.07, 6.45) is 2.05. The molecule has 0 saturated heterocycles. The van der Waals surface area contributed by atoms with E-state index in [4.69, 9.17) is 23.2 Å². The number of sulfonamides is 1. The van der Waals surface area contributed by atoms with Crippen LogP contribution in [-0.4, -0.2) is 44.3 Å². The molecule has 220 valence electrons. The van der Waals surface area contributed by atoms with Gasteiger partial charge in [-0.2, -0.15) is 0 Å². The van der Waals surface area contributed by atoms with Gasteiger partial charge in [-0.15, -0.1) is 0 Å². The van der Waals surface area contributed by atoms with Crippen molar-refractivity contribution in [3.63, 3.8) is 0 Å². The third-order valence-corrected chi connectivity index (χ3v) is 9.29. The molecule has 0 fully saturated rings. The van der Waals surface area contributed by atoms with Crippen molar-refractivity contribution in [2.45, 2.75) is 64.4 Å². The number of carbonyl (C=O) groups excluding carboxylic acids is 2. The van der Waals surface area contributed by atoms with Crippen LogP contribution in [-0.2, 0) is 26.2 Å². The van der Waals surface area contributed by atoms with Crippen LogP contribution in [0.1, 0.15) is 49.8 Å². The number of halogens is 2. The molecule has 41 heavy (non-hydrogen) atoms. The molecule has 0 aromatic heterocycles. The van der Waals surface area contributed by atoms with Gasteiger partial charge in [-0.3, -0.25) is 13.9 Å². The maximum atomic E-state index is 14.1. The van der Waals surface area contributed by atoms with Gasteiger partial charge in [0.15, 0.2) is 0 Å². The van der Waals surface area contributed by atoms with Crippen molar-refractivity contribution in [3.8, 4) is 0 Å². The Morgan fingerprint density at radius 1 is 0.878 bits per heavy atom. The molecule has 0 saturated carbocycles. The molecule has 2 amide bonds. The number of unbranched alkanes of at least 4 members (excludes halogenated alkanes) is 1. The molecule has 0 radical (unpaired) electrons. The summed E-state index contributed by atoms with van der Waals surface area (Å²) >= 11 is 12.4. The molecule has 0 heterocycles. The molecule has 0 bridgehead atoms. The summed E-state index contributed by atoms with van der Waals surface area (Å²) in [5, 5.41) is 3.60. The van der Waals surface area contributed by atoms with E-state index in [1.807, 2.05) is 27.7 Å². The minimum absolute atomic E-state index is 0.0434. The molecule has 0 spiro atoms. The highest BCUT2D eigenvalue weighted by Crippen LogP contribution is 2.27. The van der Waals surface area contributed by atoms with Crippen molar-refractivity contribution in [2.24, 2.45) is 0 Å². The zero-order valence-electron chi connectivity index (χ0n) is 23.9. The van der Waals surface area contributed by atoms with Crippen LogP contribution in [0.2, 0.25) is 10.0 Å². The molecule has 0 aliphatic heterocycles. The van der Waals surface area contributed by atoms with E-state index < -0.39 is 28.5 Å². The van der Waals surface area contributed by atoms with Gasteiger partial charge in [-0.05, 0) is 68.7 Å². The van der Waals surface area contributed by atoms with Crippen molar-refractivity contribution in [1.82, 2.24) is 10.2 Å². The summed E-state index contributed by atoms with van der Waals surface area (Å²) in [5.74, 6) is -0.817. The van der Waals surface area contributed by atoms with Gasteiger partial charge in [0.1, 0.15) is 12.6 Å². The SMILES string of the molecule is CCCCNC(=O)[C@H](CC)N(Cc1ccc(Cl)c(Cl)c1)C(=O)CN(c1ccc(C)cc1)S(=O)(=O)c1ccc(C)cc1. The summed E-state index contributed by atoms with van der Waals surface area (Å²) in [7, 11) is -4.12. The summed E-state index contributed by atoms with van der Waals surface area (Å²) in [4.78, 5) is 28.9. The molecular formula is C31H37Cl2N3O4S. The van der Waals surface area contributed by atoms with Gasteiger partial charge in [0.2, 0.25) is 11.8 Å². The minimum atomic E-state index is -4.12. The Hall–Kier alpha value is -3.07. The lowest BCUT2D eigenvalue weighted by molar-refractivity contribution is -0.140. The fourth-order valence-electron chi connectivity index (χ4n) is 4.34. The highest BCUT2D eigenvalue weighted by atomic mass is 35.5. The number of carbonyl (C=O) groups is 2. The second kappa shape index (κ2) is 14.7. The van der Waals surface area contributed by atoms with Gasteiger partial charge in [0.05, 0.1) is 20.6 Å². The average Bonchev–Trinajstić information content (AvgIpc) is 2.94. The Morgan fingerprint density at radius 3 is 2.05 bits per heavy atom. The van der Waals surface area contributed by atoms with E-state index in [-0.39, 0.29) is 17.3 Å². The first-order chi connectivity index (χ1) is 19.5. The van der Waals surface area contributed by atoms with Gasteiger partial charge < -0.3 is 10.2 Å². The van der Waals surface area contributed by atoms with Crippen molar-refractivity contribution >= 4 is 50.7 Å². The van der Waals surface area contributed by atoms with Crippen LogP contribution in [0, 0.1) is 13.8 Å². The van der Waals surface area contributed by atoms with E-state index >= 15 is 0 Å². The Labute approximate surface area is 253 Å². The minimum Gasteiger partial charge on any atom is -0.354 e. The highest BCUT2D eigenvalue weighted by Gasteiger charge is 2.33. The molecule has 7 nitrogen and oxygen atoms in total. The Balaban J connectivity index is 2.04. The first kappa shape index (κ1) is 32.4. The molecular weight excluding hydrogens is 581 g/mol. The van der Waals surface area contributed by atoms with E-state index in [0.29, 0.717) is 34.3 Å². The largest absolute Gasteiger partial charge is 0.354 e. The molecule has 1 atom stereocenters. The fraction of sp³-hybridized carbons (Fsp3) is 0.355. The topological polar surface area (TPSA) is 86.8 Å². The van der Waals surface area contributed by atoms with Gasteiger partial charge >= 0.3 is 0 Å². The summed E-state index contributed by atoms with van der Waals surface area (Å²) in [6, 6.07) is 17.6. The number of nitrogens with zero attached hydrogens (tertiary/aromatic N) is 2. The van der Waals surface area contributed by atoms with E-state index in [9.17, 15) is 18.0 Å². The molecule has 3 aromatic rings. The van der Waals surface area contributed by atoms with Crippen LogP contribution in [0.5, 0.6) is 0 Å². The molecule has 3 rings (SSSR count). The molecule has 0 unspecified atom stereocenters. The number of anilines is 1. The maximum absolute atomic E-state index is 14.1. The molecule has 10 heteroatoms. The van der Waals surface area contributed by atoms with Gasteiger partial charge in [0.25, 0.3) is 10.0 Å². The number of aryl methyl sites for hydroxylation is 2. The van der Waals surface area contributed by atoms with Crippen LogP contribution < -0.4 is 9.62 Å². The number of benzene rings is 3. The monoisotopic (exact) mass is 617 g/mol. The van der Waals surface area contributed by atoms with Gasteiger partial charge in [-0.1, -0.05) is 84.9 Å². The quantitative estimate of drug-likeness (QED) is 0.221. The Morgan fingerprint density at radius 2 is 1.49 bits per heavy atom. The zero-order chi connectivity index (χ0) is 30.2. The first-order valence-corrected chi connectivity index (χ1v) is 15.8. The lowest BCUT2D eigenvalue weighted by atomic mass is 10.1. The first-order valence-electron chi connectivity index (χ1n) is 13.6. The van der Waals surface area contributed by atoms with Crippen LogP contribution >= 0.6 is 23.2 Å². The lowest BCUT2D eigenvalue weighted by Gasteiger charge is -2.33. The standard InChI is InChI=1S/C31H37Cl2N3O4S/c1-5-7-18-34-31(38)29(6-2)35(20-24-12-17-27(32)28(33)19-24)30(37)21-36(25-13-8-22(3)9-14-25)41(39,40)26-15-10-23(4)11-16-26/h8-17,19,29H,5-7,18,20-21H2,1-4H3,(H,34,38)/t29-/m0/s1. The van der Waals surface area contributed by atoms with E-state index in [0.717, 1.165) is 28.3 Å². The Kier molecular flexibility index (Phi) is 11.6. The van der Waals surface area contributed by atoms with Crippen LogP contribution in [0.25, 0.3) is 0 Å². The van der Waals surface area contributed by atoms with Crippen LogP contribution in [0.3, 0.4) is 0 Å². The number of amides is 2. The number of hydrogen-bond acceptors (Lipinski definition) is 4. The van der Waals surface area contributed by atoms with Crippen molar-refractivity contribution < 1.29 is 18.0 Å². The summed E-state index contributed by atoms with van der Waals surface area (Å²) in [6.45, 7) is 7.64. The predicted molar refractivity (Wildman–Crippen MR) is 166 cm³/mol. The van der Waals surface area contributed by atoms with E-state index in [2.05, 4.69) is 5.32 Å². The molecule has 1 N–H and O–H groups in total. The highest BCUT2D eigenvalue weighted by molar-refractivity contribution is 7.92. The van der Waals surface area contributed by atoms with Crippen molar-refractivity contribution in [2.75, 3.05) is 17.4 Å². The Bertz CT molecular complexity index is 1450. The smallest absolute Gasteiger partial charge is 0.264 e. The van der Waals surface area contributed by atoms with Crippen LogP contribution in [0.15, 0.2) is 71.6 Å². The predicted octanol–water partition coefficient (Wildman–Crippen LogP) is 6.53. The van der Waals surface area contributed by atoms with Crippen LogP contribution in [0.4, 0.5) is 5.69 Å². The summed E-state index contributed by atoms with van der Waals surface area (Å²) in [5.41, 5.74) is 2.87. The third kappa shape index (κ3) is 8.47. The van der Waals surface area contributed by atoms with Crippen molar-refractivity contribution in [3.05, 3.63) is 93.5 Å². The van der Waals surface area contributed by atoms with Crippen molar-refractivity contribution in [1.29, 1.82) is 0 Å². The number of hydrogen-bond donors (Lipinski definition) is 1. The fourth-order valence-corrected chi connectivity index (χ4v) is 6.07. The molecule has 0 aliphatic carbocycles. The second-order valence-corrected chi connectivity index (χ2v) is 12.7. The third-order valence-electron chi connectivity index (χ3n) is 6.76. The summed E-state index contributed by atoms with van der Waals surface area (Å²) < 4.78 is 28.9. The normalized spacial score (nSPS) is 12.0. The number of nitrogens with one attached hydrogen (secondary N) is 1. The second-order valence-electron chi connectivity index (χ2n) is 10.00. The van der Waals surface area contributed by atoms with Gasteiger partial charge in [0, 0.05) is 13.1 Å².